The minimum absolute atomic E-state index is 0.615. The van der Waals surface area contributed by atoms with Gasteiger partial charge in [0.05, 0.1) is 5.69 Å². The maximum absolute atomic E-state index is 4.72. The van der Waals surface area contributed by atoms with Gasteiger partial charge in [-0.2, -0.15) is 0 Å². The molecule has 0 amide bonds. The molecular formula is C15H24BrN3. The highest BCUT2D eigenvalue weighted by atomic mass is 79.9. The predicted octanol–water partition coefficient (Wildman–Crippen LogP) is 3.37. The SMILES string of the molecule is Cc1nc(N(CC(C)C)CC2CCCN2)ccc1Br. The number of aryl methyl sites for hydroxylation is 1. The summed E-state index contributed by atoms with van der Waals surface area (Å²) < 4.78 is 1.08. The van der Waals surface area contributed by atoms with E-state index in [0.29, 0.717) is 12.0 Å². The number of aromatic nitrogens is 1. The molecule has 1 fully saturated rings. The normalized spacial score (nSPS) is 19.1. The summed E-state index contributed by atoms with van der Waals surface area (Å²) >= 11 is 3.52. The monoisotopic (exact) mass is 325 g/mol. The second-order valence-corrected chi connectivity index (χ2v) is 6.68. The fourth-order valence-corrected chi connectivity index (χ4v) is 2.81. The zero-order valence-electron chi connectivity index (χ0n) is 12.1. The summed E-state index contributed by atoms with van der Waals surface area (Å²) in [6.07, 6.45) is 2.58. The Hall–Kier alpha value is -0.610. The van der Waals surface area contributed by atoms with E-state index >= 15 is 0 Å². The van der Waals surface area contributed by atoms with Crippen LogP contribution in [0.2, 0.25) is 0 Å². The van der Waals surface area contributed by atoms with Crippen LogP contribution < -0.4 is 10.2 Å². The van der Waals surface area contributed by atoms with E-state index in [2.05, 4.69) is 59.1 Å². The Morgan fingerprint density at radius 1 is 1.47 bits per heavy atom. The molecule has 1 atom stereocenters. The molecule has 0 aliphatic carbocycles. The highest BCUT2D eigenvalue weighted by Crippen LogP contribution is 2.21. The second-order valence-electron chi connectivity index (χ2n) is 5.83. The standard InChI is InChI=1S/C15H24BrN3/c1-11(2)9-19(10-13-5-4-8-17-13)15-7-6-14(16)12(3)18-15/h6-7,11,13,17H,4-5,8-10H2,1-3H3. The van der Waals surface area contributed by atoms with Crippen LogP contribution in [0.15, 0.2) is 16.6 Å². The number of pyridine rings is 1. The van der Waals surface area contributed by atoms with Crippen LogP contribution in [0.4, 0.5) is 5.82 Å². The fraction of sp³-hybridized carbons (Fsp3) is 0.667. The molecule has 1 aromatic heterocycles. The maximum Gasteiger partial charge on any atom is 0.128 e. The van der Waals surface area contributed by atoms with E-state index in [0.717, 1.165) is 35.6 Å². The topological polar surface area (TPSA) is 28.2 Å². The van der Waals surface area contributed by atoms with Crippen molar-refractivity contribution in [3.05, 3.63) is 22.3 Å². The lowest BCUT2D eigenvalue weighted by Gasteiger charge is -2.29. The van der Waals surface area contributed by atoms with Gasteiger partial charge >= 0.3 is 0 Å². The molecule has 1 saturated heterocycles. The van der Waals surface area contributed by atoms with Gasteiger partial charge in [0, 0.05) is 23.6 Å². The smallest absolute Gasteiger partial charge is 0.128 e. The number of halogens is 1. The van der Waals surface area contributed by atoms with E-state index in [-0.39, 0.29) is 0 Å². The first-order valence-electron chi connectivity index (χ1n) is 7.17. The van der Waals surface area contributed by atoms with Crippen LogP contribution in [0.3, 0.4) is 0 Å². The summed E-state index contributed by atoms with van der Waals surface area (Å²) in [4.78, 5) is 7.14. The number of nitrogens with one attached hydrogen (secondary N) is 1. The van der Waals surface area contributed by atoms with Gasteiger partial charge < -0.3 is 10.2 Å². The van der Waals surface area contributed by atoms with Crippen LogP contribution in [-0.4, -0.2) is 30.7 Å². The average Bonchev–Trinajstić information content (AvgIpc) is 2.84. The van der Waals surface area contributed by atoms with Crippen molar-refractivity contribution in [2.45, 2.75) is 39.7 Å². The van der Waals surface area contributed by atoms with E-state index in [1.54, 1.807) is 0 Å². The Morgan fingerprint density at radius 3 is 2.84 bits per heavy atom. The Labute approximate surface area is 124 Å². The molecule has 4 heteroatoms. The van der Waals surface area contributed by atoms with Crippen LogP contribution in [0.1, 0.15) is 32.4 Å². The van der Waals surface area contributed by atoms with Crippen molar-refractivity contribution in [3.63, 3.8) is 0 Å². The summed E-state index contributed by atoms with van der Waals surface area (Å²) in [7, 11) is 0. The summed E-state index contributed by atoms with van der Waals surface area (Å²) in [6, 6.07) is 4.84. The van der Waals surface area contributed by atoms with Crippen molar-refractivity contribution in [1.82, 2.24) is 10.3 Å². The zero-order valence-corrected chi connectivity index (χ0v) is 13.7. The van der Waals surface area contributed by atoms with Gasteiger partial charge in [-0.25, -0.2) is 4.98 Å². The van der Waals surface area contributed by atoms with Gasteiger partial charge in [0.25, 0.3) is 0 Å². The molecule has 1 N–H and O–H groups in total. The number of anilines is 1. The largest absolute Gasteiger partial charge is 0.355 e. The summed E-state index contributed by atoms with van der Waals surface area (Å²) in [6.45, 7) is 9.86. The lowest BCUT2D eigenvalue weighted by molar-refractivity contribution is 0.537. The highest BCUT2D eigenvalue weighted by Gasteiger charge is 2.19. The minimum atomic E-state index is 0.615. The van der Waals surface area contributed by atoms with Crippen molar-refractivity contribution in [2.24, 2.45) is 5.92 Å². The quantitative estimate of drug-likeness (QED) is 0.899. The molecule has 0 radical (unpaired) electrons. The third-order valence-corrected chi connectivity index (χ3v) is 4.36. The Kier molecular flexibility index (Phi) is 5.22. The average molecular weight is 326 g/mol. The maximum atomic E-state index is 4.72. The first-order valence-corrected chi connectivity index (χ1v) is 7.97. The summed E-state index contributed by atoms with van der Waals surface area (Å²) in [5.74, 6) is 1.75. The molecular weight excluding hydrogens is 302 g/mol. The van der Waals surface area contributed by atoms with Crippen molar-refractivity contribution in [2.75, 3.05) is 24.5 Å². The molecule has 0 bridgehead atoms. The molecule has 19 heavy (non-hydrogen) atoms. The molecule has 0 saturated carbocycles. The van der Waals surface area contributed by atoms with E-state index < -0.39 is 0 Å². The van der Waals surface area contributed by atoms with Crippen LogP contribution in [0.5, 0.6) is 0 Å². The number of nitrogens with zero attached hydrogens (tertiary/aromatic N) is 2. The van der Waals surface area contributed by atoms with Gasteiger partial charge in [0.15, 0.2) is 0 Å². The van der Waals surface area contributed by atoms with Gasteiger partial charge in [0.1, 0.15) is 5.82 Å². The Bertz CT molecular complexity index is 414. The van der Waals surface area contributed by atoms with Gasteiger partial charge in [-0.05, 0) is 60.3 Å². The fourth-order valence-electron chi connectivity index (χ4n) is 2.59. The molecule has 1 unspecified atom stereocenters. The van der Waals surface area contributed by atoms with Gasteiger partial charge in [-0.15, -0.1) is 0 Å². The lowest BCUT2D eigenvalue weighted by Crippen LogP contribution is -2.40. The molecule has 1 aliphatic rings. The van der Waals surface area contributed by atoms with Crippen LogP contribution >= 0.6 is 15.9 Å². The Balaban J connectivity index is 2.12. The number of rotatable bonds is 5. The Morgan fingerprint density at radius 2 is 2.26 bits per heavy atom. The first kappa shape index (κ1) is 14.8. The van der Waals surface area contributed by atoms with E-state index in [1.807, 2.05) is 0 Å². The molecule has 0 aromatic carbocycles. The van der Waals surface area contributed by atoms with Crippen molar-refractivity contribution >= 4 is 21.7 Å². The van der Waals surface area contributed by atoms with E-state index in [1.165, 1.54) is 12.8 Å². The third kappa shape index (κ3) is 4.18. The van der Waals surface area contributed by atoms with E-state index in [9.17, 15) is 0 Å². The highest BCUT2D eigenvalue weighted by molar-refractivity contribution is 9.10. The lowest BCUT2D eigenvalue weighted by atomic mass is 10.1. The molecule has 2 heterocycles. The second kappa shape index (κ2) is 6.71. The number of hydrogen-bond donors (Lipinski definition) is 1. The van der Waals surface area contributed by atoms with Crippen LogP contribution in [0, 0.1) is 12.8 Å². The van der Waals surface area contributed by atoms with Gasteiger partial charge in [0.2, 0.25) is 0 Å². The van der Waals surface area contributed by atoms with Gasteiger partial charge in [-0.3, -0.25) is 0 Å². The molecule has 0 spiro atoms. The summed E-state index contributed by atoms with van der Waals surface area (Å²) in [5, 5.41) is 3.58. The molecule has 106 valence electrons. The predicted molar refractivity (Wildman–Crippen MR) is 84.7 cm³/mol. The molecule has 3 nitrogen and oxygen atoms in total. The summed E-state index contributed by atoms with van der Waals surface area (Å²) in [5.41, 5.74) is 1.06. The molecule has 2 rings (SSSR count). The van der Waals surface area contributed by atoms with Crippen molar-refractivity contribution < 1.29 is 0 Å². The minimum Gasteiger partial charge on any atom is -0.355 e. The van der Waals surface area contributed by atoms with Gasteiger partial charge in [-0.1, -0.05) is 13.8 Å². The van der Waals surface area contributed by atoms with Crippen molar-refractivity contribution in [3.8, 4) is 0 Å². The van der Waals surface area contributed by atoms with Crippen LogP contribution in [0.25, 0.3) is 0 Å². The van der Waals surface area contributed by atoms with Crippen LogP contribution in [-0.2, 0) is 0 Å². The van der Waals surface area contributed by atoms with Crippen molar-refractivity contribution in [1.29, 1.82) is 0 Å². The zero-order chi connectivity index (χ0) is 13.8. The third-order valence-electron chi connectivity index (χ3n) is 3.52. The number of hydrogen-bond acceptors (Lipinski definition) is 3. The first-order chi connectivity index (χ1) is 9.06. The molecule has 1 aromatic rings. The molecule has 1 aliphatic heterocycles. The van der Waals surface area contributed by atoms with E-state index in [4.69, 9.17) is 4.98 Å².